The van der Waals surface area contributed by atoms with Crippen LogP contribution in [0.3, 0.4) is 0 Å². The number of ether oxygens (including phenoxy) is 2. The molecule has 1 amide bonds. The Hall–Kier alpha value is -2.58. The average Bonchev–Trinajstić information content (AvgIpc) is 3.20. The lowest BCUT2D eigenvalue weighted by Crippen LogP contribution is -2.33. The molecule has 7 nitrogen and oxygen atoms in total. The van der Waals surface area contributed by atoms with Crippen molar-refractivity contribution in [3.63, 3.8) is 0 Å². The zero-order valence-corrected chi connectivity index (χ0v) is 19.7. The maximum Gasteiger partial charge on any atom is 0.271 e. The van der Waals surface area contributed by atoms with E-state index in [9.17, 15) is 13.2 Å². The van der Waals surface area contributed by atoms with Crippen molar-refractivity contribution >= 4 is 15.9 Å². The molecule has 0 aromatic heterocycles. The van der Waals surface area contributed by atoms with Crippen LogP contribution in [0, 0.1) is 0 Å². The summed E-state index contributed by atoms with van der Waals surface area (Å²) in [4.78, 5) is 11.6. The van der Waals surface area contributed by atoms with Gasteiger partial charge in [-0.25, -0.2) is 8.42 Å². The first-order valence-corrected chi connectivity index (χ1v) is 12.8. The Morgan fingerprint density at radius 1 is 1.09 bits per heavy atom. The minimum atomic E-state index is -3.57. The predicted molar refractivity (Wildman–Crippen MR) is 124 cm³/mol. The maximum atomic E-state index is 11.6. The molecule has 0 saturated heterocycles. The van der Waals surface area contributed by atoms with Crippen molar-refractivity contribution in [3.8, 4) is 11.5 Å². The van der Waals surface area contributed by atoms with E-state index in [4.69, 9.17) is 9.47 Å². The number of hydrogen-bond donors (Lipinski definition) is 2. The summed E-state index contributed by atoms with van der Waals surface area (Å²) in [6, 6.07) is 16.6. The topological polar surface area (TPSA) is 93.7 Å². The average molecular weight is 461 g/mol. The molecule has 2 N–H and O–H groups in total. The van der Waals surface area contributed by atoms with Gasteiger partial charge in [0.15, 0.2) is 6.61 Å². The SMILES string of the molecule is CCOc1cccc(C(C)NC2CCC(c3ccc(OCC(=O)NS(C)(=O)=O)cc3)C2)c1. The normalized spacial score (nSPS) is 19.3. The molecule has 3 atom stereocenters. The van der Waals surface area contributed by atoms with Gasteiger partial charge in [-0.1, -0.05) is 24.3 Å². The Morgan fingerprint density at radius 2 is 1.84 bits per heavy atom. The molecule has 3 rings (SSSR count). The highest BCUT2D eigenvalue weighted by Gasteiger charge is 2.27. The van der Waals surface area contributed by atoms with Crippen LogP contribution >= 0.6 is 0 Å². The molecule has 1 aliphatic carbocycles. The van der Waals surface area contributed by atoms with E-state index in [-0.39, 0.29) is 12.6 Å². The molecular formula is C24H32N2O5S. The summed E-state index contributed by atoms with van der Waals surface area (Å²) in [7, 11) is -3.57. The molecule has 3 unspecified atom stereocenters. The monoisotopic (exact) mass is 460 g/mol. The summed E-state index contributed by atoms with van der Waals surface area (Å²) in [6.45, 7) is 4.49. The fourth-order valence-electron chi connectivity index (χ4n) is 4.15. The predicted octanol–water partition coefficient (Wildman–Crippen LogP) is 3.53. The zero-order chi connectivity index (χ0) is 23.1. The molecule has 0 heterocycles. The Labute approximate surface area is 190 Å². The van der Waals surface area contributed by atoms with E-state index in [0.717, 1.165) is 31.3 Å². The van der Waals surface area contributed by atoms with Crippen LogP contribution in [0.15, 0.2) is 48.5 Å². The molecule has 0 bridgehead atoms. The smallest absolute Gasteiger partial charge is 0.271 e. The summed E-state index contributed by atoms with van der Waals surface area (Å²) < 4.78 is 35.0. The second-order valence-corrected chi connectivity index (χ2v) is 10.0. The van der Waals surface area contributed by atoms with Crippen LogP contribution in [0.1, 0.15) is 56.2 Å². The van der Waals surface area contributed by atoms with Crippen molar-refractivity contribution in [2.24, 2.45) is 0 Å². The van der Waals surface area contributed by atoms with Crippen LogP contribution < -0.4 is 19.5 Å². The van der Waals surface area contributed by atoms with Gasteiger partial charge in [0.2, 0.25) is 10.0 Å². The molecule has 1 aliphatic rings. The highest BCUT2D eigenvalue weighted by Crippen LogP contribution is 2.36. The van der Waals surface area contributed by atoms with Crippen molar-refractivity contribution in [1.82, 2.24) is 10.0 Å². The zero-order valence-electron chi connectivity index (χ0n) is 18.8. The van der Waals surface area contributed by atoms with Gasteiger partial charge in [0.25, 0.3) is 5.91 Å². The lowest BCUT2D eigenvalue weighted by Gasteiger charge is -2.21. The van der Waals surface area contributed by atoms with E-state index in [2.05, 4.69) is 24.4 Å². The molecule has 2 aromatic rings. The molecule has 8 heteroatoms. The third-order valence-electron chi connectivity index (χ3n) is 5.61. The maximum absolute atomic E-state index is 11.6. The van der Waals surface area contributed by atoms with Gasteiger partial charge in [-0.15, -0.1) is 0 Å². The molecule has 1 saturated carbocycles. The lowest BCUT2D eigenvalue weighted by molar-refractivity contribution is -0.121. The van der Waals surface area contributed by atoms with E-state index >= 15 is 0 Å². The fraction of sp³-hybridized carbons (Fsp3) is 0.458. The lowest BCUT2D eigenvalue weighted by atomic mass is 9.97. The Bertz CT molecular complexity index is 1010. The van der Waals surface area contributed by atoms with Gasteiger partial charge in [-0.3, -0.25) is 9.52 Å². The first-order valence-electron chi connectivity index (χ1n) is 11.0. The Kier molecular flexibility index (Phi) is 8.15. The van der Waals surface area contributed by atoms with Gasteiger partial charge in [-0.2, -0.15) is 0 Å². The number of amides is 1. The molecule has 0 spiro atoms. The van der Waals surface area contributed by atoms with Crippen molar-refractivity contribution in [2.45, 2.75) is 51.1 Å². The van der Waals surface area contributed by atoms with Crippen molar-refractivity contribution < 1.29 is 22.7 Å². The van der Waals surface area contributed by atoms with Crippen LogP contribution in [-0.4, -0.2) is 39.8 Å². The van der Waals surface area contributed by atoms with Crippen LogP contribution in [0.4, 0.5) is 0 Å². The van der Waals surface area contributed by atoms with Crippen molar-refractivity contribution in [1.29, 1.82) is 0 Å². The Morgan fingerprint density at radius 3 is 2.53 bits per heavy atom. The number of hydrogen-bond acceptors (Lipinski definition) is 6. The first kappa shape index (κ1) is 24.1. The van der Waals surface area contributed by atoms with Gasteiger partial charge in [0, 0.05) is 12.1 Å². The van der Waals surface area contributed by atoms with Gasteiger partial charge in [0.05, 0.1) is 12.9 Å². The first-order chi connectivity index (χ1) is 15.2. The highest BCUT2D eigenvalue weighted by molar-refractivity contribution is 7.89. The van der Waals surface area contributed by atoms with E-state index in [1.54, 1.807) is 0 Å². The fourth-order valence-corrected chi connectivity index (χ4v) is 4.62. The molecule has 0 aliphatic heterocycles. The number of benzene rings is 2. The van der Waals surface area contributed by atoms with E-state index in [0.29, 0.717) is 24.3 Å². The molecule has 174 valence electrons. The molecule has 32 heavy (non-hydrogen) atoms. The number of carbonyl (C=O) groups excluding carboxylic acids is 1. The van der Waals surface area contributed by atoms with Gasteiger partial charge in [-0.05, 0) is 74.4 Å². The van der Waals surface area contributed by atoms with Crippen LogP contribution in [0.25, 0.3) is 0 Å². The third kappa shape index (κ3) is 7.24. The van der Waals surface area contributed by atoms with Crippen LogP contribution in [0.2, 0.25) is 0 Å². The van der Waals surface area contributed by atoms with Gasteiger partial charge in [0.1, 0.15) is 11.5 Å². The van der Waals surface area contributed by atoms with E-state index in [1.807, 2.05) is 48.0 Å². The molecule has 1 fully saturated rings. The summed E-state index contributed by atoms with van der Waals surface area (Å²) in [6.07, 6.45) is 4.22. The Balaban J connectivity index is 1.49. The summed E-state index contributed by atoms with van der Waals surface area (Å²) in [5.74, 6) is 1.21. The van der Waals surface area contributed by atoms with Crippen molar-refractivity contribution in [2.75, 3.05) is 19.5 Å². The number of sulfonamides is 1. The van der Waals surface area contributed by atoms with E-state index in [1.165, 1.54) is 11.1 Å². The molecular weight excluding hydrogens is 428 g/mol. The minimum absolute atomic E-state index is 0.244. The van der Waals surface area contributed by atoms with Crippen molar-refractivity contribution in [3.05, 3.63) is 59.7 Å². The molecule has 2 aromatic carbocycles. The second kappa shape index (κ2) is 10.8. The highest BCUT2D eigenvalue weighted by atomic mass is 32.2. The minimum Gasteiger partial charge on any atom is -0.494 e. The largest absolute Gasteiger partial charge is 0.494 e. The third-order valence-corrected chi connectivity index (χ3v) is 6.21. The number of carbonyl (C=O) groups is 1. The number of nitrogens with one attached hydrogen (secondary N) is 2. The van der Waals surface area contributed by atoms with Crippen LogP contribution in [0.5, 0.6) is 11.5 Å². The quantitative estimate of drug-likeness (QED) is 0.563. The van der Waals surface area contributed by atoms with E-state index < -0.39 is 15.9 Å². The number of rotatable bonds is 10. The second-order valence-electron chi connectivity index (χ2n) is 8.26. The van der Waals surface area contributed by atoms with Gasteiger partial charge < -0.3 is 14.8 Å². The summed E-state index contributed by atoms with van der Waals surface area (Å²) in [5.41, 5.74) is 2.47. The van der Waals surface area contributed by atoms with Gasteiger partial charge >= 0.3 is 0 Å². The van der Waals surface area contributed by atoms with Crippen LogP contribution in [-0.2, 0) is 14.8 Å². The summed E-state index contributed by atoms with van der Waals surface area (Å²) >= 11 is 0. The molecule has 0 radical (unpaired) electrons. The summed E-state index contributed by atoms with van der Waals surface area (Å²) in [5, 5.41) is 3.75. The standard InChI is InChI=1S/C24H32N2O5S/c1-4-30-23-7-5-6-19(15-23)17(2)25-21-11-8-20(14-21)18-9-12-22(13-10-18)31-16-24(27)26-32(3,28)29/h5-7,9-10,12-13,15,17,20-21,25H,4,8,11,14,16H2,1-3H3,(H,26,27).